The van der Waals surface area contributed by atoms with Crippen LogP contribution in [0.5, 0.6) is 0 Å². The zero-order valence-electron chi connectivity index (χ0n) is 19.1. The van der Waals surface area contributed by atoms with E-state index in [-0.39, 0.29) is 49.2 Å². The van der Waals surface area contributed by atoms with Crippen LogP contribution in [0.25, 0.3) is 0 Å². The molecule has 0 amide bonds. The van der Waals surface area contributed by atoms with E-state index >= 15 is 0 Å². The van der Waals surface area contributed by atoms with Gasteiger partial charge in [-0.3, -0.25) is 4.79 Å². The van der Waals surface area contributed by atoms with Gasteiger partial charge in [0.15, 0.2) is 5.79 Å². The van der Waals surface area contributed by atoms with Crippen molar-refractivity contribution in [3.05, 3.63) is 12.2 Å². The van der Waals surface area contributed by atoms with Gasteiger partial charge < -0.3 is 33.5 Å². The van der Waals surface area contributed by atoms with E-state index < -0.39 is 23.4 Å². The summed E-state index contributed by atoms with van der Waals surface area (Å²) in [5.74, 6) is -0.932. The predicted octanol–water partition coefficient (Wildman–Crippen LogP) is 2.12. The molecule has 0 aromatic heterocycles. The third-order valence-corrected chi connectivity index (χ3v) is 6.33. The summed E-state index contributed by atoms with van der Waals surface area (Å²) in [7, 11) is 0. The van der Waals surface area contributed by atoms with Crippen LogP contribution >= 0.6 is 0 Å². The van der Waals surface area contributed by atoms with E-state index in [1.165, 1.54) is 0 Å². The lowest BCUT2D eigenvalue weighted by Gasteiger charge is -2.42. The Balaban J connectivity index is 1.41. The van der Waals surface area contributed by atoms with Gasteiger partial charge in [-0.2, -0.15) is 0 Å². The van der Waals surface area contributed by atoms with Crippen LogP contribution in [-0.2, 0) is 33.2 Å². The number of aliphatic hydroxyl groups excluding tert-OH is 1. The molecule has 0 spiro atoms. The minimum Gasteiger partial charge on any atom is -0.462 e. The highest BCUT2D eigenvalue weighted by Crippen LogP contribution is 2.37. The van der Waals surface area contributed by atoms with Gasteiger partial charge in [0.1, 0.15) is 31.0 Å². The van der Waals surface area contributed by atoms with Gasteiger partial charge in [0.2, 0.25) is 0 Å². The molecule has 0 aromatic carbocycles. The molecular formula is C23H36O8. The SMILES string of the molecule is CC1(C)OC[C@H]2O[C@H]3C[C@H]4O[C@@H](COC(=O)C(C)(C)C)[C@H](O)C=C[C@@H]4O[C@@H]3CC[C@@H]2O1. The van der Waals surface area contributed by atoms with Crippen LogP contribution < -0.4 is 0 Å². The van der Waals surface area contributed by atoms with Gasteiger partial charge >= 0.3 is 5.97 Å². The fourth-order valence-corrected chi connectivity index (χ4v) is 4.55. The van der Waals surface area contributed by atoms with Gasteiger partial charge in [-0.1, -0.05) is 12.2 Å². The number of carbonyl (C=O) groups excluding carboxylic acids is 1. The van der Waals surface area contributed by atoms with Crippen molar-refractivity contribution in [2.75, 3.05) is 13.2 Å². The Labute approximate surface area is 184 Å². The first-order valence-corrected chi connectivity index (χ1v) is 11.3. The van der Waals surface area contributed by atoms with E-state index in [9.17, 15) is 9.90 Å². The molecule has 0 radical (unpaired) electrons. The quantitative estimate of drug-likeness (QED) is 0.516. The van der Waals surface area contributed by atoms with Crippen LogP contribution in [0.1, 0.15) is 53.9 Å². The summed E-state index contributed by atoms with van der Waals surface area (Å²) in [6, 6.07) is 0. The van der Waals surface area contributed by atoms with Crippen molar-refractivity contribution >= 4 is 5.97 Å². The van der Waals surface area contributed by atoms with Gasteiger partial charge in [-0.25, -0.2) is 0 Å². The molecule has 0 aliphatic carbocycles. The molecule has 0 aromatic rings. The summed E-state index contributed by atoms with van der Waals surface area (Å²) in [6.07, 6.45) is 3.34. The monoisotopic (exact) mass is 440 g/mol. The average molecular weight is 441 g/mol. The highest BCUT2D eigenvalue weighted by molar-refractivity contribution is 5.75. The van der Waals surface area contributed by atoms with Crippen molar-refractivity contribution in [2.45, 2.75) is 108 Å². The maximum atomic E-state index is 12.1. The molecule has 8 nitrogen and oxygen atoms in total. The highest BCUT2D eigenvalue weighted by atomic mass is 16.7. The van der Waals surface area contributed by atoms with Gasteiger partial charge in [-0.05, 0) is 47.5 Å². The molecule has 0 bridgehead atoms. The average Bonchev–Trinajstić information content (AvgIpc) is 2.94. The first-order chi connectivity index (χ1) is 14.5. The van der Waals surface area contributed by atoms with E-state index in [2.05, 4.69) is 0 Å². The first kappa shape index (κ1) is 23.1. The summed E-state index contributed by atoms with van der Waals surface area (Å²) in [5, 5.41) is 10.5. The molecule has 8 atom stereocenters. The Morgan fingerprint density at radius 1 is 1.03 bits per heavy atom. The topological polar surface area (TPSA) is 92.7 Å². The highest BCUT2D eigenvalue weighted by Gasteiger charge is 2.47. The second-order valence-corrected chi connectivity index (χ2v) is 10.5. The molecule has 4 rings (SSSR count). The molecule has 8 heteroatoms. The van der Waals surface area contributed by atoms with Crippen molar-refractivity contribution in [3.8, 4) is 0 Å². The third-order valence-electron chi connectivity index (χ3n) is 6.33. The Morgan fingerprint density at radius 3 is 2.52 bits per heavy atom. The van der Waals surface area contributed by atoms with Crippen molar-refractivity contribution < 1.29 is 38.3 Å². The minimum absolute atomic E-state index is 0.0127. The fourth-order valence-electron chi connectivity index (χ4n) is 4.55. The van der Waals surface area contributed by atoms with Crippen LogP contribution in [0.4, 0.5) is 0 Å². The zero-order valence-corrected chi connectivity index (χ0v) is 19.1. The number of carbonyl (C=O) groups is 1. The van der Waals surface area contributed by atoms with Crippen LogP contribution in [0.15, 0.2) is 12.2 Å². The number of hydrogen-bond acceptors (Lipinski definition) is 8. The summed E-state index contributed by atoms with van der Waals surface area (Å²) < 4.78 is 36.2. The van der Waals surface area contributed by atoms with Crippen molar-refractivity contribution in [3.63, 3.8) is 0 Å². The second-order valence-electron chi connectivity index (χ2n) is 10.5. The Morgan fingerprint density at radius 2 is 1.77 bits per heavy atom. The smallest absolute Gasteiger partial charge is 0.311 e. The number of rotatable bonds is 2. The number of esters is 1. The summed E-state index contributed by atoms with van der Waals surface area (Å²) in [6.45, 7) is 9.70. The summed E-state index contributed by atoms with van der Waals surface area (Å²) in [5.41, 5.74) is -0.612. The third kappa shape index (κ3) is 5.31. The lowest BCUT2D eigenvalue weighted by Crippen LogP contribution is -2.52. The lowest BCUT2D eigenvalue weighted by atomic mass is 9.95. The standard InChI is InChI=1S/C23H36O8/c1-22(2,3)21(25)26-11-19-13(24)6-7-14-17(29-19)10-18-15(28-14)8-9-16-20(30-18)12-27-23(4,5)31-16/h6-7,13-20,24H,8-12H2,1-5H3/t13-,14+,15-,16+,17-,18+,19+,20-/m1/s1. The van der Waals surface area contributed by atoms with Gasteiger partial charge in [-0.15, -0.1) is 0 Å². The number of ether oxygens (including phenoxy) is 6. The zero-order chi connectivity index (χ0) is 22.4. The van der Waals surface area contributed by atoms with Gasteiger partial charge in [0, 0.05) is 6.42 Å². The molecule has 1 N–H and O–H groups in total. The maximum absolute atomic E-state index is 12.1. The van der Waals surface area contributed by atoms with E-state index in [4.69, 9.17) is 28.4 Å². The second kappa shape index (κ2) is 8.72. The largest absolute Gasteiger partial charge is 0.462 e. The van der Waals surface area contributed by atoms with Crippen molar-refractivity contribution in [2.24, 2.45) is 5.41 Å². The summed E-state index contributed by atoms with van der Waals surface area (Å²) >= 11 is 0. The van der Waals surface area contributed by atoms with E-state index in [1.807, 2.05) is 19.9 Å². The molecule has 4 aliphatic heterocycles. The molecule has 4 heterocycles. The van der Waals surface area contributed by atoms with E-state index in [0.717, 1.165) is 12.8 Å². The van der Waals surface area contributed by atoms with Crippen molar-refractivity contribution in [1.29, 1.82) is 0 Å². The molecule has 176 valence electrons. The number of hydrogen-bond donors (Lipinski definition) is 1. The Hall–Kier alpha value is -1.03. The molecule has 0 unspecified atom stereocenters. The van der Waals surface area contributed by atoms with Crippen LogP contribution in [-0.4, -0.2) is 78.9 Å². The summed E-state index contributed by atoms with van der Waals surface area (Å²) in [4.78, 5) is 12.1. The van der Waals surface area contributed by atoms with Crippen LogP contribution in [0.2, 0.25) is 0 Å². The lowest BCUT2D eigenvalue weighted by molar-refractivity contribution is -0.316. The normalized spacial score (nSPS) is 42.4. The van der Waals surface area contributed by atoms with E-state index in [0.29, 0.717) is 13.0 Å². The van der Waals surface area contributed by atoms with Crippen molar-refractivity contribution in [1.82, 2.24) is 0 Å². The van der Waals surface area contributed by atoms with Gasteiger partial charge in [0.25, 0.3) is 0 Å². The maximum Gasteiger partial charge on any atom is 0.311 e. The molecule has 3 fully saturated rings. The van der Waals surface area contributed by atoms with Crippen LogP contribution in [0, 0.1) is 5.41 Å². The Bertz CT molecular complexity index is 684. The molecule has 0 saturated carbocycles. The van der Waals surface area contributed by atoms with E-state index in [1.54, 1.807) is 26.8 Å². The molecule has 31 heavy (non-hydrogen) atoms. The van der Waals surface area contributed by atoms with Crippen LogP contribution in [0.3, 0.4) is 0 Å². The fraction of sp³-hybridized carbons (Fsp3) is 0.870. The molecule has 4 aliphatic rings. The first-order valence-electron chi connectivity index (χ1n) is 11.3. The molecule has 3 saturated heterocycles. The number of aliphatic hydroxyl groups is 1. The Kier molecular flexibility index (Phi) is 6.51. The molecular weight excluding hydrogens is 404 g/mol. The number of fused-ring (bicyclic) bond motifs is 3. The minimum atomic E-state index is -0.876. The predicted molar refractivity (Wildman–Crippen MR) is 110 cm³/mol. The van der Waals surface area contributed by atoms with Gasteiger partial charge in [0.05, 0.1) is 36.4 Å².